The fourth-order valence-corrected chi connectivity index (χ4v) is 5.85. The van der Waals surface area contributed by atoms with Crippen LogP contribution in [-0.2, 0) is 19.4 Å². The van der Waals surface area contributed by atoms with Gasteiger partial charge < -0.3 is 9.47 Å². The molecule has 1 fully saturated rings. The van der Waals surface area contributed by atoms with Crippen LogP contribution in [0.25, 0.3) is 10.2 Å². The molecule has 0 bridgehead atoms. The first-order chi connectivity index (χ1) is 14.9. The zero-order valence-electron chi connectivity index (χ0n) is 16.8. The molecule has 0 N–H and O–H groups in total. The Bertz CT molecular complexity index is 1190. The van der Waals surface area contributed by atoms with E-state index in [1.807, 2.05) is 0 Å². The van der Waals surface area contributed by atoms with Crippen LogP contribution < -0.4 is 9.64 Å². The van der Waals surface area contributed by atoms with E-state index in [4.69, 9.17) is 21.1 Å². The second kappa shape index (κ2) is 9.12. The average molecular weight is 481 g/mol. The lowest BCUT2D eigenvalue weighted by atomic mass is 10.2. The highest BCUT2D eigenvalue weighted by molar-refractivity contribution is 7.92. The van der Waals surface area contributed by atoms with Crippen molar-refractivity contribution in [3.63, 3.8) is 0 Å². The molecule has 4 rings (SSSR count). The van der Waals surface area contributed by atoms with E-state index in [1.165, 1.54) is 35.5 Å². The molecule has 1 amide bonds. The molecule has 1 aliphatic rings. The Labute approximate surface area is 189 Å². The van der Waals surface area contributed by atoms with Gasteiger partial charge in [-0.25, -0.2) is 13.4 Å². The maximum atomic E-state index is 13.2. The molecule has 10 heteroatoms. The number of aromatic nitrogens is 1. The number of carbonyl (C=O) groups excluding carboxylic acids is 1. The molecule has 1 saturated heterocycles. The quantitative estimate of drug-likeness (QED) is 0.509. The number of benzene rings is 2. The molecular formula is C21H21ClN2O5S2. The smallest absolute Gasteiger partial charge is 0.244 e. The summed E-state index contributed by atoms with van der Waals surface area (Å²) < 4.78 is 37.3. The van der Waals surface area contributed by atoms with Crippen LogP contribution in [0.5, 0.6) is 5.75 Å². The molecule has 3 aromatic rings. The van der Waals surface area contributed by atoms with Crippen LogP contribution in [0.1, 0.15) is 12.8 Å². The molecule has 2 heterocycles. The summed E-state index contributed by atoms with van der Waals surface area (Å²) in [6, 6.07) is 11.3. The van der Waals surface area contributed by atoms with E-state index >= 15 is 0 Å². The van der Waals surface area contributed by atoms with Crippen LogP contribution in [0.4, 0.5) is 5.13 Å². The summed E-state index contributed by atoms with van der Waals surface area (Å²) in [5.74, 6) is -0.669. The van der Waals surface area contributed by atoms with Crippen molar-refractivity contribution in [2.75, 3.05) is 30.9 Å². The predicted octanol–water partition coefficient (Wildman–Crippen LogP) is 3.94. The van der Waals surface area contributed by atoms with Crippen LogP contribution in [0.3, 0.4) is 0 Å². The molecule has 164 valence electrons. The summed E-state index contributed by atoms with van der Waals surface area (Å²) in [4.78, 5) is 19.2. The Kier molecular flexibility index (Phi) is 6.47. The SMILES string of the molecule is COc1ccc(S(=O)(=O)CC(=O)N(CC2CCCO2)c2nc3ccc(Cl)cc3s2)cc1. The van der Waals surface area contributed by atoms with Gasteiger partial charge in [0.2, 0.25) is 5.91 Å². The van der Waals surface area contributed by atoms with E-state index in [1.54, 1.807) is 30.3 Å². The highest BCUT2D eigenvalue weighted by atomic mass is 35.5. The lowest BCUT2D eigenvalue weighted by Gasteiger charge is -2.23. The maximum Gasteiger partial charge on any atom is 0.244 e. The van der Waals surface area contributed by atoms with Gasteiger partial charge in [-0.05, 0) is 55.3 Å². The molecule has 31 heavy (non-hydrogen) atoms. The lowest BCUT2D eigenvalue weighted by Crippen LogP contribution is -2.40. The van der Waals surface area contributed by atoms with Gasteiger partial charge in [0.15, 0.2) is 15.0 Å². The molecule has 1 unspecified atom stereocenters. The first-order valence-electron chi connectivity index (χ1n) is 9.70. The number of carbonyl (C=O) groups is 1. The van der Waals surface area contributed by atoms with Crippen molar-refractivity contribution >= 4 is 54.0 Å². The van der Waals surface area contributed by atoms with E-state index in [2.05, 4.69) is 4.98 Å². The largest absolute Gasteiger partial charge is 0.497 e. The topological polar surface area (TPSA) is 85.8 Å². The van der Waals surface area contributed by atoms with Crippen molar-refractivity contribution in [2.45, 2.75) is 23.8 Å². The van der Waals surface area contributed by atoms with Crippen molar-refractivity contribution in [3.8, 4) is 5.75 Å². The van der Waals surface area contributed by atoms with Crippen LogP contribution in [-0.4, -0.2) is 51.4 Å². The van der Waals surface area contributed by atoms with Crippen LogP contribution in [0.2, 0.25) is 5.02 Å². The molecule has 0 saturated carbocycles. The lowest BCUT2D eigenvalue weighted by molar-refractivity contribution is -0.116. The molecule has 1 aliphatic heterocycles. The minimum atomic E-state index is -3.84. The van der Waals surface area contributed by atoms with Crippen LogP contribution >= 0.6 is 22.9 Å². The third kappa shape index (κ3) is 5.01. The Hall–Kier alpha value is -2.20. The van der Waals surface area contributed by atoms with Gasteiger partial charge in [-0.15, -0.1) is 0 Å². The van der Waals surface area contributed by atoms with E-state index < -0.39 is 21.5 Å². The molecule has 0 aliphatic carbocycles. The van der Waals surface area contributed by atoms with E-state index in [0.717, 1.165) is 17.5 Å². The Morgan fingerprint density at radius 3 is 2.74 bits per heavy atom. The fourth-order valence-electron chi connectivity index (χ4n) is 3.39. The van der Waals surface area contributed by atoms with Crippen LogP contribution in [0, 0.1) is 0 Å². The minimum absolute atomic E-state index is 0.0646. The number of ether oxygens (including phenoxy) is 2. The summed E-state index contributed by atoms with van der Waals surface area (Å²) in [6.07, 6.45) is 1.57. The van der Waals surface area contributed by atoms with Gasteiger partial charge in [0, 0.05) is 11.6 Å². The zero-order chi connectivity index (χ0) is 22.0. The summed E-state index contributed by atoms with van der Waals surface area (Å²) in [7, 11) is -2.34. The highest BCUT2D eigenvalue weighted by Crippen LogP contribution is 2.32. The standard InChI is InChI=1S/C21H21ClN2O5S2/c1-28-15-5-7-17(8-6-15)31(26,27)13-20(25)24(12-16-3-2-10-29-16)21-23-18-9-4-14(22)11-19(18)30-21/h4-9,11,16H,2-3,10,12-13H2,1H3. The van der Waals surface area contributed by atoms with Gasteiger partial charge in [0.25, 0.3) is 0 Å². The van der Waals surface area contributed by atoms with Gasteiger partial charge in [0.1, 0.15) is 11.5 Å². The van der Waals surface area contributed by atoms with E-state index in [9.17, 15) is 13.2 Å². The number of nitrogens with zero attached hydrogens (tertiary/aromatic N) is 2. The molecule has 7 nitrogen and oxygen atoms in total. The average Bonchev–Trinajstić information content (AvgIpc) is 3.40. The molecule has 0 radical (unpaired) electrons. The Morgan fingerprint density at radius 2 is 2.06 bits per heavy atom. The van der Waals surface area contributed by atoms with Crippen molar-refractivity contribution in [1.29, 1.82) is 0 Å². The summed E-state index contributed by atoms with van der Waals surface area (Å²) in [6.45, 7) is 0.886. The number of hydrogen-bond donors (Lipinski definition) is 0. The number of anilines is 1. The van der Waals surface area contributed by atoms with Crippen molar-refractivity contribution < 1.29 is 22.7 Å². The summed E-state index contributed by atoms with van der Waals surface area (Å²) >= 11 is 7.37. The van der Waals surface area contributed by atoms with Crippen molar-refractivity contribution in [1.82, 2.24) is 4.98 Å². The van der Waals surface area contributed by atoms with E-state index in [0.29, 0.717) is 28.0 Å². The molecule has 0 spiro atoms. The first-order valence-corrected chi connectivity index (χ1v) is 12.6. The number of hydrogen-bond acceptors (Lipinski definition) is 7. The number of halogens is 1. The van der Waals surface area contributed by atoms with Crippen molar-refractivity contribution in [2.24, 2.45) is 0 Å². The Balaban J connectivity index is 1.62. The Morgan fingerprint density at radius 1 is 1.29 bits per heavy atom. The van der Waals surface area contributed by atoms with Gasteiger partial charge in [-0.2, -0.15) is 0 Å². The normalized spacial score (nSPS) is 16.5. The highest BCUT2D eigenvalue weighted by Gasteiger charge is 2.30. The molecule has 1 atom stereocenters. The van der Waals surface area contributed by atoms with E-state index in [-0.39, 0.29) is 17.5 Å². The van der Waals surface area contributed by atoms with Gasteiger partial charge in [-0.1, -0.05) is 22.9 Å². The molecule has 2 aromatic carbocycles. The number of amides is 1. The minimum Gasteiger partial charge on any atom is -0.497 e. The van der Waals surface area contributed by atoms with Gasteiger partial charge >= 0.3 is 0 Å². The summed E-state index contributed by atoms with van der Waals surface area (Å²) in [5.41, 5.74) is 0.701. The first kappa shape index (κ1) is 22.0. The zero-order valence-corrected chi connectivity index (χ0v) is 19.2. The van der Waals surface area contributed by atoms with Gasteiger partial charge in [-0.3, -0.25) is 9.69 Å². The summed E-state index contributed by atoms with van der Waals surface area (Å²) in [5, 5.41) is 1.00. The predicted molar refractivity (Wildman–Crippen MR) is 121 cm³/mol. The number of sulfone groups is 1. The second-order valence-corrected chi connectivity index (χ2v) is 10.6. The monoisotopic (exact) mass is 480 g/mol. The van der Waals surface area contributed by atoms with Gasteiger partial charge in [0.05, 0.1) is 34.9 Å². The molecule has 1 aromatic heterocycles. The molecular weight excluding hydrogens is 460 g/mol. The number of fused-ring (bicyclic) bond motifs is 1. The third-order valence-electron chi connectivity index (χ3n) is 5.01. The number of thiazole rings is 1. The van der Waals surface area contributed by atoms with Crippen molar-refractivity contribution in [3.05, 3.63) is 47.5 Å². The maximum absolute atomic E-state index is 13.2. The third-order valence-corrected chi connectivity index (χ3v) is 7.91. The second-order valence-electron chi connectivity index (χ2n) is 7.18. The number of methoxy groups -OCH3 is 1. The fraction of sp³-hybridized carbons (Fsp3) is 0.333. The van der Waals surface area contributed by atoms with Crippen LogP contribution in [0.15, 0.2) is 47.4 Å². The number of rotatable bonds is 7.